The predicted molar refractivity (Wildman–Crippen MR) is 263 cm³/mol. The molecule has 0 aromatic rings. The number of hydrogen-bond donors (Lipinski definition) is 3. The van der Waals surface area contributed by atoms with Gasteiger partial charge in [-0.2, -0.15) is 0 Å². The van der Waals surface area contributed by atoms with Gasteiger partial charge in [0.25, 0.3) is 0 Å². The maximum absolute atomic E-state index is 12.5. The number of carbonyl (C=O) groups excluding carboxylic acids is 1. The van der Waals surface area contributed by atoms with Crippen molar-refractivity contribution >= 4 is 5.91 Å². The van der Waals surface area contributed by atoms with E-state index < -0.39 is 12.1 Å². The van der Waals surface area contributed by atoms with Crippen LogP contribution in [0.3, 0.4) is 0 Å². The van der Waals surface area contributed by atoms with Gasteiger partial charge in [-0.05, 0) is 12.8 Å². The Balaban J connectivity index is 3.40. The van der Waals surface area contributed by atoms with Gasteiger partial charge in [0.2, 0.25) is 5.91 Å². The van der Waals surface area contributed by atoms with Gasteiger partial charge < -0.3 is 15.5 Å². The summed E-state index contributed by atoms with van der Waals surface area (Å²) in [7, 11) is 0. The van der Waals surface area contributed by atoms with Crippen LogP contribution in [0.15, 0.2) is 0 Å². The molecule has 2 atom stereocenters. The molecule has 0 bridgehead atoms. The van der Waals surface area contributed by atoms with E-state index in [2.05, 4.69) is 19.2 Å². The Labute approximate surface area is 372 Å². The molecule has 0 heterocycles. The summed E-state index contributed by atoms with van der Waals surface area (Å²) in [6.45, 7) is 4.41. The first-order valence-corrected chi connectivity index (χ1v) is 27.7. The van der Waals surface area contributed by atoms with Crippen molar-refractivity contribution < 1.29 is 15.0 Å². The summed E-state index contributed by atoms with van der Waals surface area (Å²) in [5, 5.41) is 23.3. The molecule has 0 aliphatic heterocycles. The van der Waals surface area contributed by atoms with Crippen LogP contribution in [0.4, 0.5) is 0 Å². The number of hydrogen-bond acceptors (Lipinski definition) is 3. The van der Waals surface area contributed by atoms with E-state index >= 15 is 0 Å². The van der Waals surface area contributed by atoms with Crippen molar-refractivity contribution in [2.75, 3.05) is 6.61 Å². The number of unbranched alkanes of at least 4 members (excludes halogenated alkanes) is 45. The minimum absolute atomic E-state index is 0.0220. The largest absolute Gasteiger partial charge is 0.394 e. The van der Waals surface area contributed by atoms with Gasteiger partial charge in [0.15, 0.2) is 0 Å². The van der Waals surface area contributed by atoms with Crippen LogP contribution < -0.4 is 5.32 Å². The SMILES string of the molecule is CCCCCCCCCCCCCCCCCCCCCCCCCCCCC(=O)NC(CO)C(O)CCCCCCCCCCCCCCCCCCCCCCC. The molecule has 0 fully saturated rings. The average Bonchev–Trinajstić information content (AvgIpc) is 3.24. The highest BCUT2D eigenvalue weighted by Crippen LogP contribution is 2.18. The lowest BCUT2D eigenvalue weighted by Gasteiger charge is -2.22. The molecular formula is C55H111NO3. The van der Waals surface area contributed by atoms with E-state index in [1.54, 1.807) is 0 Å². The quantitative estimate of drug-likeness (QED) is 0.0535. The lowest BCUT2D eigenvalue weighted by Crippen LogP contribution is -2.45. The highest BCUT2D eigenvalue weighted by atomic mass is 16.3. The topological polar surface area (TPSA) is 69.6 Å². The van der Waals surface area contributed by atoms with Crippen molar-refractivity contribution in [3.05, 3.63) is 0 Å². The summed E-state index contributed by atoms with van der Waals surface area (Å²) < 4.78 is 0. The van der Waals surface area contributed by atoms with Gasteiger partial charge in [-0.1, -0.05) is 309 Å². The summed E-state index contributed by atoms with van der Waals surface area (Å²) in [5.74, 6) is -0.0220. The molecule has 0 radical (unpaired) electrons. The molecule has 4 nitrogen and oxygen atoms in total. The van der Waals surface area contributed by atoms with Gasteiger partial charge in [0, 0.05) is 6.42 Å². The molecule has 59 heavy (non-hydrogen) atoms. The smallest absolute Gasteiger partial charge is 0.220 e. The number of aliphatic hydroxyl groups excluding tert-OH is 2. The Hall–Kier alpha value is -0.610. The normalized spacial score (nSPS) is 12.7. The number of rotatable bonds is 52. The highest BCUT2D eigenvalue weighted by Gasteiger charge is 2.20. The fourth-order valence-corrected chi connectivity index (χ4v) is 9.13. The van der Waals surface area contributed by atoms with Gasteiger partial charge in [0.05, 0.1) is 18.8 Å². The van der Waals surface area contributed by atoms with Gasteiger partial charge in [-0.25, -0.2) is 0 Å². The Morgan fingerprint density at radius 1 is 0.339 bits per heavy atom. The molecule has 0 aliphatic rings. The molecule has 4 heteroatoms. The molecule has 0 saturated carbocycles. The van der Waals surface area contributed by atoms with E-state index in [1.165, 1.54) is 276 Å². The van der Waals surface area contributed by atoms with Crippen LogP contribution in [0, 0.1) is 0 Å². The first kappa shape index (κ1) is 58.4. The van der Waals surface area contributed by atoms with Crippen LogP contribution >= 0.6 is 0 Å². The van der Waals surface area contributed by atoms with Crippen LogP contribution in [-0.2, 0) is 4.79 Å². The van der Waals surface area contributed by atoms with Crippen LogP contribution in [0.5, 0.6) is 0 Å². The Morgan fingerprint density at radius 3 is 0.763 bits per heavy atom. The molecular weight excluding hydrogens is 723 g/mol. The van der Waals surface area contributed by atoms with Crippen LogP contribution in [0.1, 0.15) is 328 Å². The average molecular weight is 834 g/mol. The minimum Gasteiger partial charge on any atom is -0.394 e. The summed E-state index contributed by atoms with van der Waals surface area (Å²) in [6.07, 6.45) is 65.2. The summed E-state index contributed by atoms with van der Waals surface area (Å²) in [6, 6.07) is -0.531. The third-order valence-corrected chi connectivity index (χ3v) is 13.4. The number of carbonyl (C=O) groups is 1. The summed E-state index contributed by atoms with van der Waals surface area (Å²) in [5.41, 5.74) is 0. The van der Waals surface area contributed by atoms with Crippen molar-refractivity contribution in [3.8, 4) is 0 Å². The third kappa shape index (κ3) is 48.3. The van der Waals surface area contributed by atoms with Crippen molar-refractivity contribution in [2.45, 2.75) is 341 Å². The van der Waals surface area contributed by atoms with Crippen LogP contribution in [-0.4, -0.2) is 34.9 Å². The second kappa shape index (κ2) is 51.7. The van der Waals surface area contributed by atoms with E-state index in [1.807, 2.05) is 0 Å². The van der Waals surface area contributed by atoms with E-state index in [-0.39, 0.29) is 12.5 Å². The fraction of sp³-hybridized carbons (Fsp3) is 0.982. The molecule has 1 amide bonds. The fourth-order valence-electron chi connectivity index (χ4n) is 9.13. The lowest BCUT2D eigenvalue weighted by molar-refractivity contribution is -0.123. The van der Waals surface area contributed by atoms with Crippen molar-refractivity contribution in [2.24, 2.45) is 0 Å². The van der Waals surface area contributed by atoms with Gasteiger partial charge >= 0.3 is 0 Å². The van der Waals surface area contributed by atoms with E-state index in [0.29, 0.717) is 12.8 Å². The van der Waals surface area contributed by atoms with Gasteiger partial charge in [0.1, 0.15) is 0 Å². The second-order valence-corrected chi connectivity index (χ2v) is 19.4. The van der Waals surface area contributed by atoms with Crippen LogP contribution in [0.25, 0.3) is 0 Å². The predicted octanol–water partition coefficient (Wildman–Crippen LogP) is 18.0. The monoisotopic (exact) mass is 834 g/mol. The molecule has 2 unspecified atom stereocenters. The molecule has 0 spiro atoms. The maximum Gasteiger partial charge on any atom is 0.220 e. The molecule has 0 aromatic heterocycles. The zero-order chi connectivity index (χ0) is 42.8. The minimum atomic E-state index is -0.654. The number of nitrogens with one attached hydrogen (secondary N) is 1. The second-order valence-electron chi connectivity index (χ2n) is 19.4. The first-order chi connectivity index (χ1) is 29.2. The molecule has 0 aromatic carbocycles. The van der Waals surface area contributed by atoms with Crippen molar-refractivity contribution in [3.63, 3.8) is 0 Å². The zero-order valence-corrected chi connectivity index (χ0v) is 40.8. The first-order valence-electron chi connectivity index (χ1n) is 27.7. The zero-order valence-electron chi connectivity index (χ0n) is 40.8. The lowest BCUT2D eigenvalue weighted by atomic mass is 10.0. The molecule has 354 valence electrons. The Kier molecular flexibility index (Phi) is 51.2. The maximum atomic E-state index is 12.5. The van der Waals surface area contributed by atoms with Gasteiger partial charge in [-0.15, -0.1) is 0 Å². The van der Waals surface area contributed by atoms with Crippen molar-refractivity contribution in [1.82, 2.24) is 5.32 Å². The number of aliphatic hydroxyl groups is 2. The van der Waals surface area contributed by atoms with Gasteiger partial charge in [-0.3, -0.25) is 4.79 Å². The molecule has 0 rings (SSSR count). The molecule has 3 N–H and O–H groups in total. The summed E-state index contributed by atoms with van der Waals surface area (Å²) in [4.78, 5) is 12.5. The summed E-state index contributed by atoms with van der Waals surface area (Å²) >= 11 is 0. The third-order valence-electron chi connectivity index (χ3n) is 13.4. The van der Waals surface area contributed by atoms with E-state index in [0.717, 1.165) is 25.7 Å². The standard InChI is InChI=1S/C55H111NO3/c1-3-5-7-9-11-13-15-17-19-21-23-25-26-27-28-29-31-33-35-37-39-41-43-45-47-49-51-55(59)56-53(52-57)54(58)50-48-46-44-42-40-38-36-34-32-30-24-22-20-18-16-14-12-10-8-6-4-2/h53-54,57-58H,3-52H2,1-2H3,(H,56,59). The van der Waals surface area contributed by atoms with E-state index in [4.69, 9.17) is 0 Å². The Bertz CT molecular complexity index is 773. The van der Waals surface area contributed by atoms with Crippen LogP contribution in [0.2, 0.25) is 0 Å². The number of amides is 1. The molecule has 0 saturated heterocycles. The highest BCUT2D eigenvalue weighted by molar-refractivity contribution is 5.76. The van der Waals surface area contributed by atoms with E-state index in [9.17, 15) is 15.0 Å². The van der Waals surface area contributed by atoms with Crippen molar-refractivity contribution in [1.29, 1.82) is 0 Å². The Morgan fingerprint density at radius 2 is 0.542 bits per heavy atom. The molecule has 0 aliphatic carbocycles.